The number of carbonyl (C=O) groups excluding carboxylic acids is 1. The predicted octanol–water partition coefficient (Wildman–Crippen LogP) is 1.24. The fourth-order valence-corrected chi connectivity index (χ4v) is 1.31. The molecule has 1 rings (SSSR count). The van der Waals surface area contributed by atoms with Crippen LogP contribution in [0.1, 0.15) is 23.7 Å². The molecular weight excluding hydrogens is 206 g/mol. The number of rotatable bonds is 4. The summed E-state index contributed by atoms with van der Waals surface area (Å²) in [4.78, 5) is 13.4. The third-order valence-electron chi connectivity index (χ3n) is 2.34. The molecule has 1 unspecified atom stereocenters. The van der Waals surface area contributed by atoms with Crippen molar-refractivity contribution in [2.75, 3.05) is 13.6 Å². The largest absolute Gasteiger partial charge is 0.508 e. The minimum atomic E-state index is -0.407. The van der Waals surface area contributed by atoms with Crippen LogP contribution in [-0.4, -0.2) is 40.7 Å². The second kappa shape index (κ2) is 5.51. The summed E-state index contributed by atoms with van der Waals surface area (Å²) in [6, 6.07) is 6.12. The SMILES string of the molecule is CC(O)CCN(C)C(=O)c1ccc(O)cc1. The van der Waals surface area contributed by atoms with E-state index in [0.717, 1.165) is 0 Å². The molecule has 4 nitrogen and oxygen atoms in total. The third-order valence-corrected chi connectivity index (χ3v) is 2.34. The van der Waals surface area contributed by atoms with E-state index in [4.69, 9.17) is 10.2 Å². The Labute approximate surface area is 95.1 Å². The van der Waals surface area contributed by atoms with E-state index in [2.05, 4.69) is 0 Å². The monoisotopic (exact) mass is 223 g/mol. The van der Waals surface area contributed by atoms with Crippen LogP contribution in [0.5, 0.6) is 5.75 Å². The van der Waals surface area contributed by atoms with Gasteiger partial charge in [0.25, 0.3) is 5.91 Å². The van der Waals surface area contributed by atoms with E-state index in [-0.39, 0.29) is 11.7 Å². The number of hydrogen-bond acceptors (Lipinski definition) is 3. The Bertz CT molecular complexity index is 346. The van der Waals surface area contributed by atoms with Gasteiger partial charge in [0.2, 0.25) is 0 Å². The highest BCUT2D eigenvalue weighted by Gasteiger charge is 2.11. The zero-order valence-corrected chi connectivity index (χ0v) is 9.55. The molecule has 0 bridgehead atoms. The molecule has 2 N–H and O–H groups in total. The third kappa shape index (κ3) is 3.55. The summed E-state index contributed by atoms with van der Waals surface area (Å²) in [5.74, 6) is 0.0313. The Morgan fingerprint density at radius 1 is 1.38 bits per heavy atom. The molecule has 0 spiro atoms. The van der Waals surface area contributed by atoms with Crippen molar-refractivity contribution in [2.24, 2.45) is 0 Å². The molecule has 0 saturated heterocycles. The number of amides is 1. The summed E-state index contributed by atoms with van der Waals surface area (Å²) in [7, 11) is 1.69. The van der Waals surface area contributed by atoms with Crippen LogP contribution >= 0.6 is 0 Å². The van der Waals surface area contributed by atoms with Gasteiger partial charge in [-0.1, -0.05) is 0 Å². The van der Waals surface area contributed by atoms with Gasteiger partial charge in [-0.25, -0.2) is 0 Å². The van der Waals surface area contributed by atoms with Gasteiger partial charge in [0.15, 0.2) is 0 Å². The zero-order chi connectivity index (χ0) is 12.1. The molecule has 0 heterocycles. The van der Waals surface area contributed by atoms with E-state index in [1.165, 1.54) is 12.1 Å². The average molecular weight is 223 g/mol. The number of nitrogens with zero attached hydrogens (tertiary/aromatic N) is 1. The van der Waals surface area contributed by atoms with Crippen molar-refractivity contribution in [1.82, 2.24) is 4.90 Å². The lowest BCUT2D eigenvalue weighted by atomic mass is 10.2. The maximum atomic E-state index is 11.8. The topological polar surface area (TPSA) is 60.8 Å². The van der Waals surface area contributed by atoms with Crippen LogP contribution in [0.3, 0.4) is 0 Å². The molecule has 0 saturated carbocycles. The van der Waals surface area contributed by atoms with Gasteiger partial charge < -0.3 is 15.1 Å². The van der Waals surface area contributed by atoms with Gasteiger partial charge in [-0.15, -0.1) is 0 Å². The van der Waals surface area contributed by atoms with E-state index >= 15 is 0 Å². The van der Waals surface area contributed by atoms with Crippen LogP contribution in [-0.2, 0) is 0 Å². The van der Waals surface area contributed by atoms with Crippen molar-refractivity contribution in [2.45, 2.75) is 19.4 Å². The Hall–Kier alpha value is -1.55. The van der Waals surface area contributed by atoms with Crippen molar-refractivity contribution in [3.63, 3.8) is 0 Å². The molecule has 1 aromatic carbocycles. The maximum absolute atomic E-state index is 11.8. The second-order valence-electron chi connectivity index (χ2n) is 3.91. The summed E-state index contributed by atoms with van der Waals surface area (Å²) < 4.78 is 0. The van der Waals surface area contributed by atoms with Crippen molar-refractivity contribution < 1.29 is 15.0 Å². The number of aliphatic hydroxyl groups is 1. The Morgan fingerprint density at radius 3 is 2.44 bits per heavy atom. The fraction of sp³-hybridized carbons (Fsp3) is 0.417. The number of aromatic hydroxyl groups is 1. The summed E-state index contributed by atoms with van der Waals surface area (Å²) in [6.07, 6.45) is 0.149. The Kier molecular flexibility index (Phi) is 4.31. The number of carbonyl (C=O) groups is 1. The second-order valence-corrected chi connectivity index (χ2v) is 3.91. The van der Waals surface area contributed by atoms with Crippen LogP contribution in [0.25, 0.3) is 0 Å². The van der Waals surface area contributed by atoms with E-state index in [0.29, 0.717) is 18.5 Å². The summed E-state index contributed by atoms with van der Waals surface area (Å²) in [5, 5.41) is 18.2. The molecule has 16 heavy (non-hydrogen) atoms. The maximum Gasteiger partial charge on any atom is 0.253 e. The summed E-state index contributed by atoms with van der Waals surface area (Å²) in [5.41, 5.74) is 0.533. The molecular formula is C12H17NO3. The molecule has 0 aliphatic carbocycles. The first-order valence-electron chi connectivity index (χ1n) is 5.23. The van der Waals surface area contributed by atoms with E-state index in [1.807, 2.05) is 0 Å². The first-order chi connectivity index (χ1) is 7.50. The Morgan fingerprint density at radius 2 is 1.94 bits per heavy atom. The lowest BCUT2D eigenvalue weighted by Crippen LogP contribution is -2.29. The van der Waals surface area contributed by atoms with Crippen molar-refractivity contribution in [1.29, 1.82) is 0 Å². The molecule has 1 amide bonds. The lowest BCUT2D eigenvalue weighted by Gasteiger charge is -2.18. The molecule has 1 atom stereocenters. The van der Waals surface area contributed by atoms with Crippen LogP contribution < -0.4 is 0 Å². The smallest absolute Gasteiger partial charge is 0.253 e. The minimum absolute atomic E-state index is 0.111. The number of phenolic OH excluding ortho intramolecular Hbond substituents is 1. The van der Waals surface area contributed by atoms with Crippen molar-refractivity contribution in [3.05, 3.63) is 29.8 Å². The van der Waals surface area contributed by atoms with Crippen molar-refractivity contribution >= 4 is 5.91 Å². The van der Waals surface area contributed by atoms with Gasteiger partial charge >= 0.3 is 0 Å². The fourth-order valence-electron chi connectivity index (χ4n) is 1.31. The summed E-state index contributed by atoms with van der Waals surface area (Å²) in [6.45, 7) is 2.20. The highest BCUT2D eigenvalue weighted by Crippen LogP contribution is 2.11. The lowest BCUT2D eigenvalue weighted by molar-refractivity contribution is 0.0769. The molecule has 0 aliphatic rings. The molecule has 1 aromatic rings. The standard InChI is InChI=1S/C12H17NO3/c1-9(14)7-8-13(2)12(16)10-3-5-11(15)6-4-10/h3-6,9,14-15H,7-8H2,1-2H3. The molecule has 4 heteroatoms. The molecule has 0 aliphatic heterocycles. The summed E-state index contributed by atoms with van der Waals surface area (Å²) >= 11 is 0. The minimum Gasteiger partial charge on any atom is -0.508 e. The molecule has 0 fully saturated rings. The molecule has 88 valence electrons. The Balaban J connectivity index is 2.60. The molecule has 0 radical (unpaired) electrons. The highest BCUT2D eigenvalue weighted by atomic mass is 16.3. The van der Waals surface area contributed by atoms with Gasteiger partial charge in [-0.2, -0.15) is 0 Å². The van der Waals surface area contributed by atoms with E-state index < -0.39 is 6.10 Å². The predicted molar refractivity (Wildman–Crippen MR) is 61.4 cm³/mol. The van der Waals surface area contributed by atoms with Gasteiger partial charge in [0, 0.05) is 19.2 Å². The van der Waals surface area contributed by atoms with Gasteiger partial charge in [-0.05, 0) is 37.6 Å². The quantitative estimate of drug-likeness (QED) is 0.807. The molecule has 0 aromatic heterocycles. The zero-order valence-electron chi connectivity index (χ0n) is 9.55. The first kappa shape index (κ1) is 12.5. The van der Waals surface area contributed by atoms with Crippen molar-refractivity contribution in [3.8, 4) is 5.75 Å². The van der Waals surface area contributed by atoms with E-state index in [9.17, 15) is 4.79 Å². The van der Waals surface area contributed by atoms with Gasteiger partial charge in [0.05, 0.1) is 6.10 Å². The highest BCUT2D eigenvalue weighted by molar-refractivity contribution is 5.94. The van der Waals surface area contributed by atoms with Gasteiger partial charge in [-0.3, -0.25) is 4.79 Å². The first-order valence-corrected chi connectivity index (χ1v) is 5.23. The van der Waals surface area contributed by atoms with Crippen LogP contribution in [0.15, 0.2) is 24.3 Å². The van der Waals surface area contributed by atoms with Crippen LogP contribution in [0, 0.1) is 0 Å². The number of hydrogen-bond donors (Lipinski definition) is 2. The van der Waals surface area contributed by atoms with Crippen LogP contribution in [0.4, 0.5) is 0 Å². The van der Waals surface area contributed by atoms with Gasteiger partial charge in [0.1, 0.15) is 5.75 Å². The number of aliphatic hydroxyl groups excluding tert-OH is 1. The normalized spacial score (nSPS) is 12.2. The van der Waals surface area contributed by atoms with E-state index in [1.54, 1.807) is 31.0 Å². The average Bonchev–Trinajstić information content (AvgIpc) is 2.26. The number of benzene rings is 1. The number of phenols is 1. The van der Waals surface area contributed by atoms with Crippen LogP contribution in [0.2, 0.25) is 0 Å².